The van der Waals surface area contributed by atoms with E-state index in [2.05, 4.69) is 29.0 Å². The molecule has 116 valence electrons. The molecule has 3 fully saturated rings. The maximum Gasteiger partial charge on any atom is 0.270 e. The predicted molar refractivity (Wildman–Crippen MR) is 84.8 cm³/mol. The normalized spacial score (nSPS) is 29.6. The van der Waals surface area contributed by atoms with Crippen molar-refractivity contribution in [3.05, 3.63) is 36.4 Å². The van der Waals surface area contributed by atoms with E-state index in [4.69, 9.17) is 0 Å². The number of rotatable bonds is 2. The highest BCUT2D eigenvalue weighted by molar-refractivity contribution is 5.93. The molecule has 0 saturated carbocycles. The van der Waals surface area contributed by atoms with Crippen molar-refractivity contribution >= 4 is 11.4 Å². The highest BCUT2D eigenvalue weighted by Crippen LogP contribution is 2.39. The minimum Gasteiger partial charge on any atom is -0.346 e. The van der Waals surface area contributed by atoms with Crippen LogP contribution in [0.3, 0.4) is 0 Å². The van der Waals surface area contributed by atoms with Gasteiger partial charge >= 0.3 is 0 Å². The minimum absolute atomic E-state index is 0.0238. The molecular weight excluding hydrogens is 276 g/mol. The minimum atomic E-state index is -0.0597. The zero-order chi connectivity index (χ0) is 15.3. The number of nitrogens with zero attached hydrogens (tertiary/aromatic N) is 3. The van der Waals surface area contributed by atoms with E-state index in [0.717, 1.165) is 18.6 Å². The third-order valence-corrected chi connectivity index (χ3v) is 5.52. The molecule has 5 heterocycles. The summed E-state index contributed by atoms with van der Waals surface area (Å²) < 4.78 is 1.91. The second kappa shape index (κ2) is 4.81. The molecule has 1 N–H and O–H groups in total. The molecule has 3 saturated heterocycles. The molecule has 3 aliphatic rings. The van der Waals surface area contributed by atoms with Gasteiger partial charge < -0.3 is 9.72 Å². The van der Waals surface area contributed by atoms with Crippen LogP contribution in [0.15, 0.2) is 30.7 Å². The fraction of sp³-hybridized carbons (Fsp3) is 0.529. The van der Waals surface area contributed by atoms with Gasteiger partial charge in [-0.05, 0) is 63.9 Å². The van der Waals surface area contributed by atoms with Crippen LogP contribution in [0.2, 0.25) is 0 Å². The van der Waals surface area contributed by atoms with Gasteiger partial charge in [-0.25, -0.2) is 4.98 Å². The molecule has 1 atom stereocenters. The Balaban J connectivity index is 1.58. The highest BCUT2D eigenvalue weighted by atomic mass is 16.2. The lowest BCUT2D eigenvalue weighted by Crippen LogP contribution is -2.69. The number of carbonyl (C=O) groups is 1. The Kier molecular flexibility index (Phi) is 3.01. The molecule has 3 aliphatic heterocycles. The fourth-order valence-electron chi connectivity index (χ4n) is 4.15. The zero-order valence-electron chi connectivity index (χ0n) is 13.1. The molecule has 22 heavy (non-hydrogen) atoms. The van der Waals surface area contributed by atoms with Crippen molar-refractivity contribution in [1.82, 2.24) is 19.6 Å². The van der Waals surface area contributed by atoms with Crippen molar-refractivity contribution in [2.45, 2.75) is 38.3 Å². The molecule has 0 radical (unpaired) electrons. The first-order chi connectivity index (χ1) is 10.6. The first kappa shape index (κ1) is 13.8. The lowest BCUT2D eigenvalue weighted by atomic mass is 9.72. The topological polar surface area (TPSA) is 49.6 Å². The molecule has 0 spiro atoms. The van der Waals surface area contributed by atoms with E-state index in [-0.39, 0.29) is 17.5 Å². The molecule has 5 nitrogen and oxygen atoms in total. The van der Waals surface area contributed by atoms with Gasteiger partial charge in [-0.15, -0.1) is 0 Å². The average Bonchev–Trinajstić information content (AvgIpc) is 2.98. The molecule has 2 aromatic heterocycles. The van der Waals surface area contributed by atoms with Gasteiger partial charge in [0.25, 0.3) is 5.91 Å². The fourth-order valence-corrected chi connectivity index (χ4v) is 4.15. The Morgan fingerprint density at radius 1 is 1.36 bits per heavy atom. The number of hydrogen-bond acceptors (Lipinski definition) is 3. The summed E-state index contributed by atoms with van der Waals surface area (Å²) in [5.41, 5.74) is 1.52. The van der Waals surface area contributed by atoms with Crippen molar-refractivity contribution < 1.29 is 4.79 Å². The van der Waals surface area contributed by atoms with Crippen LogP contribution in [-0.2, 0) is 0 Å². The first-order valence-electron chi connectivity index (χ1n) is 8.04. The Labute approximate surface area is 130 Å². The molecule has 5 rings (SSSR count). The van der Waals surface area contributed by atoms with Gasteiger partial charge in [-0.1, -0.05) is 0 Å². The van der Waals surface area contributed by atoms with Crippen molar-refractivity contribution in [1.29, 1.82) is 0 Å². The van der Waals surface area contributed by atoms with Crippen LogP contribution < -0.4 is 5.32 Å². The smallest absolute Gasteiger partial charge is 0.270 e. The number of aromatic nitrogens is 2. The summed E-state index contributed by atoms with van der Waals surface area (Å²) in [4.78, 5) is 19.4. The SMILES string of the molecule is CC1(C)C(NC(=O)c2cc3cccn3cn2)C2CCN1CC2. The second-order valence-electron chi connectivity index (χ2n) is 7.04. The van der Waals surface area contributed by atoms with E-state index in [1.807, 2.05) is 28.8 Å². The van der Waals surface area contributed by atoms with E-state index < -0.39 is 0 Å². The monoisotopic (exact) mass is 298 g/mol. The van der Waals surface area contributed by atoms with Crippen LogP contribution in [0, 0.1) is 5.92 Å². The summed E-state index contributed by atoms with van der Waals surface area (Å²) in [6.45, 7) is 6.79. The lowest BCUT2D eigenvalue weighted by Gasteiger charge is -2.56. The molecule has 5 heteroatoms. The highest BCUT2D eigenvalue weighted by Gasteiger charge is 2.48. The van der Waals surface area contributed by atoms with Gasteiger partial charge in [0.2, 0.25) is 0 Å². The third kappa shape index (κ3) is 2.03. The maximum absolute atomic E-state index is 12.6. The summed E-state index contributed by atoms with van der Waals surface area (Å²) in [5.74, 6) is 0.525. The summed E-state index contributed by atoms with van der Waals surface area (Å²) in [6, 6.07) is 5.99. The van der Waals surface area contributed by atoms with Gasteiger partial charge in [0, 0.05) is 23.3 Å². The Morgan fingerprint density at radius 3 is 2.86 bits per heavy atom. The average molecular weight is 298 g/mol. The van der Waals surface area contributed by atoms with Crippen LogP contribution >= 0.6 is 0 Å². The zero-order valence-corrected chi connectivity index (χ0v) is 13.1. The first-order valence-corrected chi connectivity index (χ1v) is 8.04. The Morgan fingerprint density at radius 2 is 2.14 bits per heavy atom. The Bertz CT molecular complexity index is 712. The van der Waals surface area contributed by atoms with E-state index in [1.54, 1.807) is 6.33 Å². The number of fused-ring (bicyclic) bond motifs is 4. The van der Waals surface area contributed by atoms with Gasteiger partial charge in [0.15, 0.2) is 0 Å². The molecular formula is C17H22N4O. The molecule has 0 aromatic carbocycles. The third-order valence-electron chi connectivity index (χ3n) is 5.52. The van der Waals surface area contributed by atoms with E-state index in [9.17, 15) is 4.79 Å². The molecule has 1 unspecified atom stereocenters. The second-order valence-corrected chi connectivity index (χ2v) is 7.04. The quantitative estimate of drug-likeness (QED) is 0.922. The van der Waals surface area contributed by atoms with Crippen molar-refractivity contribution in [2.24, 2.45) is 5.92 Å². The Hall–Kier alpha value is -1.88. The lowest BCUT2D eigenvalue weighted by molar-refractivity contribution is -0.0378. The van der Waals surface area contributed by atoms with E-state index in [0.29, 0.717) is 11.6 Å². The molecule has 1 amide bonds. The van der Waals surface area contributed by atoms with Gasteiger partial charge in [0.05, 0.1) is 6.33 Å². The van der Waals surface area contributed by atoms with Crippen molar-refractivity contribution in [2.75, 3.05) is 13.1 Å². The van der Waals surface area contributed by atoms with Crippen LogP contribution in [0.4, 0.5) is 0 Å². The maximum atomic E-state index is 12.6. The van der Waals surface area contributed by atoms with Gasteiger partial charge in [-0.2, -0.15) is 0 Å². The number of hydrogen-bond donors (Lipinski definition) is 1. The number of carbonyl (C=O) groups excluding carboxylic acids is 1. The summed E-state index contributed by atoms with van der Waals surface area (Å²) >= 11 is 0. The van der Waals surface area contributed by atoms with Crippen molar-refractivity contribution in [3.63, 3.8) is 0 Å². The van der Waals surface area contributed by atoms with Crippen molar-refractivity contribution in [3.8, 4) is 0 Å². The van der Waals surface area contributed by atoms with Gasteiger partial charge in [0.1, 0.15) is 5.69 Å². The van der Waals surface area contributed by atoms with Crippen LogP contribution in [0.5, 0.6) is 0 Å². The summed E-state index contributed by atoms with van der Waals surface area (Å²) in [6.07, 6.45) is 5.99. The number of amides is 1. The predicted octanol–water partition coefficient (Wildman–Crippen LogP) is 1.94. The molecule has 0 aliphatic carbocycles. The van der Waals surface area contributed by atoms with E-state index in [1.165, 1.54) is 12.8 Å². The van der Waals surface area contributed by atoms with Crippen LogP contribution in [0.25, 0.3) is 5.52 Å². The number of piperidine rings is 3. The van der Waals surface area contributed by atoms with Crippen LogP contribution in [-0.4, -0.2) is 44.9 Å². The van der Waals surface area contributed by atoms with Crippen LogP contribution in [0.1, 0.15) is 37.2 Å². The summed E-state index contributed by atoms with van der Waals surface area (Å²) in [5, 5.41) is 3.26. The summed E-state index contributed by atoms with van der Waals surface area (Å²) in [7, 11) is 0. The largest absolute Gasteiger partial charge is 0.346 e. The standard InChI is InChI=1S/C17H22N4O/c1-17(2)15(12-5-8-21(17)9-6-12)19-16(22)14-10-13-4-3-7-20(13)11-18-14/h3-4,7,10-12,15H,5-6,8-9H2,1-2H3,(H,19,22). The van der Waals surface area contributed by atoms with Gasteiger partial charge in [-0.3, -0.25) is 9.69 Å². The number of nitrogens with one attached hydrogen (secondary N) is 1. The van der Waals surface area contributed by atoms with E-state index >= 15 is 0 Å². The molecule has 2 aromatic rings. The molecule has 2 bridgehead atoms.